The summed E-state index contributed by atoms with van der Waals surface area (Å²) in [6, 6.07) is 31.1. The molecule has 1 aliphatic rings. The minimum atomic E-state index is -0.168. The van der Waals surface area contributed by atoms with Gasteiger partial charge in [-0.2, -0.15) is 10.5 Å². The van der Waals surface area contributed by atoms with E-state index in [1.54, 1.807) is 9.80 Å². The zero-order chi connectivity index (χ0) is 28.8. The Kier molecular flexibility index (Phi) is 5.41. The quantitative estimate of drug-likeness (QED) is 0.206. The summed E-state index contributed by atoms with van der Waals surface area (Å²) in [6.07, 6.45) is 0. The molecule has 3 heterocycles. The molecule has 10 heteroatoms. The Labute approximate surface area is 239 Å². The molecule has 0 unspecified atom stereocenters. The number of nitriles is 2. The van der Waals surface area contributed by atoms with Crippen LogP contribution in [0.1, 0.15) is 11.4 Å². The van der Waals surface area contributed by atoms with Crippen LogP contribution in [0.15, 0.2) is 84.9 Å². The predicted octanol–water partition coefficient (Wildman–Crippen LogP) is 7.67. The second-order valence-corrected chi connectivity index (χ2v) is 9.27. The molecular formula is C32H14N10. The van der Waals surface area contributed by atoms with Crippen LogP contribution in [0.3, 0.4) is 0 Å². The highest BCUT2D eigenvalue weighted by Gasteiger charge is 2.42. The highest BCUT2D eigenvalue weighted by molar-refractivity contribution is 6.00. The minimum absolute atomic E-state index is 0.153. The molecule has 192 valence electrons. The lowest BCUT2D eigenvalue weighted by atomic mass is 10.1. The van der Waals surface area contributed by atoms with Gasteiger partial charge in [0.25, 0.3) is 11.6 Å². The average molecular weight is 539 g/mol. The Morgan fingerprint density at radius 3 is 1.29 bits per heavy atom. The van der Waals surface area contributed by atoms with Crippen molar-refractivity contribution in [1.82, 2.24) is 19.9 Å². The summed E-state index contributed by atoms with van der Waals surface area (Å²) < 4.78 is 0. The largest absolute Gasteiger partial charge is 0.370 e. The van der Waals surface area contributed by atoms with Gasteiger partial charge in [-0.3, -0.25) is 9.80 Å². The third-order valence-electron chi connectivity index (χ3n) is 6.94. The van der Waals surface area contributed by atoms with E-state index in [-0.39, 0.29) is 46.3 Å². The first-order valence-electron chi connectivity index (χ1n) is 12.6. The van der Waals surface area contributed by atoms with Gasteiger partial charge in [-0.15, -0.1) is 9.97 Å². The predicted molar refractivity (Wildman–Crippen MR) is 158 cm³/mol. The smallest absolute Gasteiger partial charge is 0.300 e. The van der Waals surface area contributed by atoms with Crippen molar-refractivity contribution in [3.05, 3.63) is 119 Å². The lowest BCUT2D eigenvalue weighted by Gasteiger charge is -2.33. The zero-order valence-corrected chi connectivity index (χ0v) is 21.6. The molecule has 0 N–H and O–H groups in total. The third kappa shape index (κ3) is 3.62. The number of nitrogens with zero attached hydrogens (tertiary/aromatic N) is 10. The van der Waals surface area contributed by atoms with Crippen molar-refractivity contribution < 1.29 is 0 Å². The fourth-order valence-corrected chi connectivity index (χ4v) is 5.05. The van der Waals surface area contributed by atoms with Crippen molar-refractivity contribution in [2.24, 2.45) is 0 Å². The van der Waals surface area contributed by atoms with E-state index in [4.69, 9.17) is 13.1 Å². The minimum Gasteiger partial charge on any atom is -0.370 e. The third-order valence-corrected chi connectivity index (χ3v) is 6.94. The summed E-state index contributed by atoms with van der Waals surface area (Å²) in [5.41, 5.74) is 0.941. The molecule has 0 spiro atoms. The Bertz CT molecular complexity index is 2040. The van der Waals surface area contributed by atoms with E-state index in [1.165, 1.54) is 0 Å². The molecule has 0 saturated carbocycles. The second kappa shape index (κ2) is 9.39. The van der Waals surface area contributed by atoms with E-state index in [0.717, 1.165) is 21.5 Å². The number of hydrogen-bond donors (Lipinski definition) is 0. The van der Waals surface area contributed by atoms with Crippen LogP contribution in [0.2, 0.25) is 0 Å². The van der Waals surface area contributed by atoms with Crippen LogP contribution in [0.25, 0.3) is 31.2 Å². The van der Waals surface area contributed by atoms with Gasteiger partial charge in [-0.25, -0.2) is 9.97 Å². The van der Waals surface area contributed by atoms with Crippen LogP contribution >= 0.6 is 0 Å². The van der Waals surface area contributed by atoms with Crippen molar-refractivity contribution in [2.75, 3.05) is 9.80 Å². The average Bonchev–Trinajstić information content (AvgIpc) is 3.05. The van der Waals surface area contributed by atoms with E-state index in [2.05, 4.69) is 29.6 Å². The zero-order valence-electron chi connectivity index (χ0n) is 21.6. The van der Waals surface area contributed by atoms with Gasteiger partial charge in [-0.1, -0.05) is 73.8 Å². The van der Waals surface area contributed by atoms with Gasteiger partial charge in [0.05, 0.1) is 11.4 Å². The Morgan fingerprint density at radius 1 is 0.524 bits per heavy atom. The number of aromatic nitrogens is 4. The van der Waals surface area contributed by atoms with Crippen LogP contribution in [-0.4, -0.2) is 19.9 Å². The van der Waals surface area contributed by atoms with Gasteiger partial charge in [0.2, 0.25) is 0 Å². The molecule has 0 bridgehead atoms. The highest BCUT2D eigenvalue weighted by Crippen LogP contribution is 2.53. The molecule has 0 radical (unpaired) electrons. The van der Waals surface area contributed by atoms with Crippen molar-refractivity contribution in [3.8, 4) is 12.1 Å². The number of benzene rings is 4. The molecule has 0 atom stereocenters. The molecule has 4 aromatic carbocycles. The van der Waals surface area contributed by atoms with Crippen molar-refractivity contribution in [3.63, 3.8) is 0 Å². The van der Waals surface area contributed by atoms with Crippen molar-refractivity contribution >= 4 is 67.8 Å². The molecule has 2 aromatic heterocycles. The molecule has 1 aliphatic heterocycles. The summed E-state index contributed by atoms with van der Waals surface area (Å²) in [5.74, 6) is 0.571. The molecule has 10 nitrogen and oxygen atoms in total. The normalized spacial score (nSPS) is 11.6. The molecule has 0 saturated heterocycles. The van der Waals surface area contributed by atoms with Gasteiger partial charge >= 0.3 is 11.6 Å². The molecule has 6 aromatic rings. The summed E-state index contributed by atoms with van der Waals surface area (Å²) in [7, 11) is 0. The summed E-state index contributed by atoms with van der Waals surface area (Å²) in [6.45, 7) is 15.4. The molecule has 0 aliphatic carbocycles. The lowest BCUT2D eigenvalue weighted by molar-refractivity contribution is 0.984. The topological polar surface area (TPSA) is 114 Å². The number of fused-ring (bicyclic) bond motifs is 4. The highest BCUT2D eigenvalue weighted by atomic mass is 15.4. The van der Waals surface area contributed by atoms with Gasteiger partial charge < -0.3 is 9.69 Å². The Hall–Kier alpha value is -6.88. The second-order valence-electron chi connectivity index (χ2n) is 9.27. The number of rotatable bonds is 2. The van der Waals surface area contributed by atoms with Gasteiger partial charge in [0.1, 0.15) is 12.1 Å². The summed E-state index contributed by atoms with van der Waals surface area (Å²) >= 11 is 0. The number of anilines is 6. The first kappa shape index (κ1) is 24.2. The molecule has 0 fully saturated rings. The first-order valence-corrected chi connectivity index (χ1v) is 12.6. The molecule has 42 heavy (non-hydrogen) atoms. The van der Waals surface area contributed by atoms with Crippen LogP contribution in [-0.2, 0) is 0 Å². The van der Waals surface area contributed by atoms with Crippen LogP contribution in [0.4, 0.5) is 46.3 Å². The standard InChI is InChI=1S/C32H14N10/c1-35-27-28(36-2)40-32-31(39-27)41(23-13-11-19-7-3-5-9-21(19)15-23)29-30(38-26(18-34)25(17-33)37-29)42(32)24-14-12-20-8-4-6-10-22(20)16-24/h3-16H. The van der Waals surface area contributed by atoms with E-state index in [0.29, 0.717) is 11.4 Å². The van der Waals surface area contributed by atoms with Gasteiger partial charge in [-0.05, 0) is 45.8 Å². The first-order chi connectivity index (χ1) is 20.6. The summed E-state index contributed by atoms with van der Waals surface area (Å²) in [5, 5.41) is 23.6. The van der Waals surface area contributed by atoms with Crippen molar-refractivity contribution in [1.29, 1.82) is 10.5 Å². The monoisotopic (exact) mass is 538 g/mol. The van der Waals surface area contributed by atoms with Crippen LogP contribution < -0.4 is 9.80 Å². The van der Waals surface area contributed by atoms with Gasteiger partial charge in [0.15, 0.2) is 23.0 Å². The van der Waals surface area contributed by atoms with Crippen LogP contribution in [0.5, 0.6) is 0 Å². The summed E-state index contributed by atoms with van der Waals surface area (Å²) in [4.78, 5) is 28.7. The Balaban J connectivity index is 1.60. The fraction of sp³-hybridized carbons (Fsp3) is 0. The van der Waals surface area contributed by atoms with E-state index < -0.39 is 0 Å². The fourth-order valence-electron chi connectivity index (χ4n) is 5.05. The maximum Gasteiger partial charge on any atom is 0.300 e. The maximum absolute atomic E-state index is 9.86. The Morgan fingerprint density at radius 2 is 0.905 bits per heavy atom. The molecular weight excluding hydrogens is 524 g/mol. The van der Waals surface area contributed by atoms with Gasteiger partial charge in [0, 0.05) is 0 Å². The van der Waals surface area contributed by atoms with E-state index in [9.17, 15) is 10.5 Å². The molecule has 0 amide bonds. The van der Waals surface area contributed by atoms with E-state index in [1.807, 2.05) is 97.1 Å². The number of hydrogen-bond acceptors (Lipinski definition) is 8. The molecule has 7 rings (SSSR count). The van der Waals surface area contributed by atoms with E-state index >= 15 is 0 Å². The van der Waals surface area contributed by atoms with Crippen molar-refractivity contribution in [2.45, 2.75) is 0 Å². The van der Waals surface area contributed by atoms with Crippen LogP contribution in [0, 0.1) is 35.8 Å². The lowest BCUT2D eigenvalue weighted by Crippen LogP contribution is -2.28. The maximum atomic E-state index is 9.86. The SMILES string of the molecule is [C-]#[N+]c1nc2c(nc1[N+]#[C-])N(c1ccc3ccccc3c1)c1nc(C#N)c(C#N)nc1N2c1ccc2ccccc2c1.